The Bertz CT molecular complexity index is 585. The number of ether oxygens (including phenoxy) is 1. The van der Waals surface area contributed by atoms with Crippen LogP contribution in [0.2, 0.25) is 0 Å². The predicted molar refractivity (Wildman–Crippen MR) is 62.1 cm³/mol. The fourth-order valence-corrected chi connectivity index (χ4v) is 1.23. The van der Waals surface area contributed by atoms with E-state index in [9.17, 15) is 10.1 Å². The number of pyridine rings is 1. The van der Waals surface area contributed by atoms with Crippen LogP contribution in [0.1, 0.15) is 5.56 Å². The molecule has 2 rings (SSSR count). The summed E-state index contributed by atoms with van der Waals surface area (Å²) >= 11 is 0. The van der Waals surface area contributed by atoms with Gasteiger partial charge in [0.1, 0.15) is 5.82 Å². The lowest BCUT2D eigenvalue weighted by Crippen LogP contribution is -1.99. The third kappa shape index (κ3) is 2.48. The maximum atomic E-state index is 10.8. The fraction of sp³-hybridized carbons (Fsp3) is 0.100. The van der Waals surface area contributed by atoms with Gasteiger partial charge in [0.2, 0.25) is 5.88 Å². The summed E-state index contributed by atoms with van der Waals surface area (Å²) in [7, 11) is 0. The third-order valence-electron chi connectivity index (χ3n) is 2.02. The number of rotatable bonds is 3. The lowest BCUT2D eigenvalue weighted by Gasteiger charge is -2.04. The quantitative estimate of drug-likeness (QED) is 0.644. The molecule has 0 fully saturated rings. The molecule has 18 heavy (non-hydrogen) atoms. The van der Waals surface area contributed by atoms with Crippen LogP contribution < -0.4 is 10.5 Å². The van der Waals surface area contributed by atoms with Gasteiger partial charge < -0.3 is 10.5 Å². The van der Waals surface area contributed by atoms with E-state index in [-0.39, 0.29) is 23.3 Å². The van der Waals surface area contributed by atoms with Gasteiger partial charge in [-0.3, -0.25) is 10.1 Å². The first kappa shape index (κ1) is 11.7. The molecule has 0 bridgehead atoms. The minimum atomic E-state index is -0.569. The highest BCUT2D eigenvalue weighted by atomic mass is 16.6. The maximum Gasteiger partial charge on any atom is 0.331 e. The van der Waals surface area contributed by atoms with Crippen LogP contribution in [0.3, 0.4) is 0 Å². The number of aryl methyl sites for hydroxylation is 1. The summed E-state index contributed by atoms with van der Waals surface area (Å²) in [5.41, 5.74) is 5.80. The van der Waals surface area contributed by atoms with Gasteiger partial charge in [0.05, 0.1) is 17.3 Å². The average molecular weight is 247 g/mol. The number of hydrogen-bond acceptors (Lipinski definition) is 7. The Balaban J connectivity index is 2.34. The van der Waals surface area contributed by atoms with E-state index in [1.54, 1.807) is 6.92 Å². The first-order valence-electron chi connectivity index (χ1n) is 4.92. The first-order chi connectivity index (χ1) is 8.56. The Labute approximate surface area is 102 Å². The van der Waals surface area contributed by atoms with Crippen LogP contribution in [0.15, 0.2) is 24.7 Å². The van der Waals surface area contributed by atoms with Crippen molar-refractivity contribution in [2.45, 2.75) is 6.92 Å². The number of anilines is 1. The molecule has 0 radical (unpaired) electrons. The zero-order valence-electron chi connectivity index (χ0n) is 9.40. The second-order valence-corrected chi connectivity index (χ2v) is 3.48. The highest BCUT2D eigenvalue weighted by molar-refractivity contribution is 5.44. The number of nitrogens with zero attached hydrogens (tertiary/aromatic N) is 4. The zero-order valence-corrected chi connectivity index (χ0v) is 9.40. The minimum Gasteiger partial charge on any atom is -0.413 e. The van der Waals surface area contributed by atoms with Crippen molar-refractivity contribution < 1.29 is 9.66 Å². The molecule has 2 aromatic rings. The van der Waals surface area contributed by atoms with Crippen LogP contribution in [0.4, 0.5) is 11.5 Å². The largest absolute Gasteiger partial charge is 0.413 e. The predicted octanol–water partition coefficient (Wildman–Crippen LogP) is 1.46. The molecule has 2 N–H and O–H groups in total. The van der Waals surface area contributed by atoms with E-state index in [0.29, 0.717) is 5.56 Å². The maximum absolute atomic E-state index is 10.8. The molecular formula is C10H9N5O3. The third-order valence-corrected chi connectivity index (χ3v) is 2.02. The molecule has 2 heterocycles. The number of aromatic nitrogens is 3. The molecule has 0 aliphatic carbocycles. The molecular weight excluding hydrogens is 238 g/mol. The van der Waals surface area contributed by atoms with Crippen molar-refractivity contribution in [2.75, 3.05) is 5.73 Å². The van der Waals surface area contributed by atoms with Gasteiger partial charge in [-0.05, 0) is 12.5 Å². The monoisotopic (exact) mass is 247 g/mol. The second kappa shape index (κ2) is 4.62. The molecule has 0 aromatic carbocycles. The molecule has 8 heteroatoms. The number of nitrogens with two attached hydrogens (primary N) is 1. The summed E-state index contributed by atoms with van der Waals surface area (Å²) in [5.74, 6) is 0.182. The Morgan fingerprint density at radius 2 is 2.06 bits per heavy atom. The van der Waals surface area contributed by atoms with Crippen LogP contribution in [-0.2, 0) is 0 Å². The van der Waals surface area contributed by atoms with Crippen molar-refractivity contribution in [3.05, 3.63) is 40.3 Å². The van der Waals surface area contributed by atoms with E-state index in [1.165, 1.54) is 24.7 Å². The van der Waals surface area contributed by atoms with Gasteiger partial charge >= 0.3 is 11.6 Å². The molecule has 0 atom stereocenters. The van der Waals surface area contributed by atoms with Crippen LogP contribution in [0, 0.1) is 17.0 Å². The van der Waals surface area contributed by atoms with Crippen LogP contribution in [0.5, 0.6) is 11.8 Å². The highest BCUT2D eigenvalue weighted by Gasteiger charge is 2.18. The molecule has 0 saturated heterocycles. The lowest BCUT2D eigenvalue weighted by atomic mass is 10.3. The summed E-state index contributed by atoms with van der Waals surface area (Å²) in [6.45, 7) is 1.70. The van der Waals surface area contributed by atoms with Crippen molar-refractivity contribution in [3.63, 3.8) is 0 Å². The first-order valence-corrected chi connectivity index (χ1v) is 4.92. The van der Waals surface area contributed by atoms with Crippen molar-refractivity contribution >= 4 is 11.5 Å². The van der Waals surface area contributed by atoms with Crippen molar-refractivity contribution in [1.29, 1.82) is 0 Å². The molecule has 0 unspecified atom stereocenters. The van der Waals surface area contributed by atoms with Crippen molar-refractivity contribution in [3.8, 4) is 11.8 Å². The Morgan fingerprint density at radius 1 is 1.28 bits per heavy atom. The van der Waals surface area contributed by atoms with Gasteiger partial charge in [-0.25, -0.2) is 15.0 Å². The number of hydrogen-bond donors (Lipinski definition) is 1. The smallest absolute Gasteiger partial charge is 0.331 e. The normalized spacial score (nSPS) is 10.1. The molecule has 0 spiro atoms. The van der Waals surface area contributed by atoms with Crippen molar-refractivity contribution in [2.24, 2.45) is 0 Å². The van der Waals surface area contributed by atoms with Crippen LogP contribution in [-0.4, -0.2) is 19.9 Å². The standard InChI is InChI=1S/C10H9N5O3/c1-6-2-7(15(16)17)10(14-3-6)18-9-5-12-8(11)4-13-9/h2-5H,1H3,(H2,11,12). The van der Waals surface area contributed by atoms with Gasteiger partial charge in [-0.2, -0.15) is 0 Å². The number of nitro groups is 1. The topological polar surface area (TPSA) is 117 Å². The van der Waals surface area contributed by atoms with E-state index in [1.807, 2.05) is 0 Å². The Kier molecular flexibility index (Phi) is 3.00. The molecule has 92 valence electrons. The SMILES string of the molecule is Cc1cnc(Oc2cnc(N)cn2)c([N+](=O)[O-])c1. The molecule has 0 aliphatic rings. The van der Waals surface area contributed by atoms with Crippen LogP contribution in [0.25, 0.3) is 0 Å². The Hall–Kier alpha value is -2.77. The van der Waals surface area contributed by atoms with Gasteiger partial charge in [-0.15, -0.1) is 0 Å². The molecule has 8 nitrogen and oxygen atoms in total. The van der Waals surface area contributed by atoms with E-state index in [0.717, 1.165) is 0 Å². The minimum absolute atomic E-state index is 0.0867. The van der Waals surface area contributed by atoms with Crippen LogP contribution >= 0.6 is 0 Å². The molecule has 0 saturated carbocycles. The summed E-state index contributed by atoms with van der Waals surface area (Å²) in [6.07, 6.45) is 4.02. The second-order valence-electron chi connectivity index (χ2n) is 3.48. The molecule has 0 aliphatic heterocycles. The number of nitrogen functional groups attached to an aromatic ring is 1. The summed E-state index contributed by atoms with van der Waals surface area (Å²) in [6, 6.07) is 1.37. The molecule has 2 aromatic heterocycles. The van der Waals surface area contributed by atoms with E-state index in [2.05, 4.69) is 15.0 Å². The van der Waals surface area contributed by atoms with E-state index < -0.39 is 4.92 Å². The van der Waals surface area contributed by atoms with E-state index >= 15 is 0 Å². The van der Waals surface area contributed by atoms with Gasteiger partial charge in [0.15, 0.2) is 0 Å². The van der Waals surface area contributed by atoms with E-state index in [4.69, 9.17) is 10.5 Å². The summed E-state index contributed by atoms with van der Waals surface area (Å²) in [5, 5.41) is 10.8. The fourth-order valence-electron chi connectivity index (χ4n) is 1.23. The van der Waals surface area contributed by atoms with Gasteiger partial charge in [0, 0.05) is 12.3 Å². The lowest BCUT2D eigenvalue weighted by molar-refractivity contribution is -0.386. The summed E-state index contributed by atoms with van der Waals surface area (Å²) in [4.78, 5) is 21.7. The Morgan fingerprint density at radius 3 is 2.67 bits per heavy atom. The highest BCUT2D eigenvalue weighted by Crippen LogP contribution is 2.28. The van der Waals surface area contributed by atoms with Gasteiger partial charge in [0.25, 0.3) is 0 Å². The van der Waals surface area contributed by atoms with Crippen molar-refractivity contribution in [1.82, 2.24) is 15.0 Å². The zero-order chi connectivity index (χ0) is 13.1. The van der Waals surface area contributed by atoms with Gasteiger partial charge in [-0.1, -0.05) is 0 Å². The molecule has 0 amide bonds. The summed E-state index contributed by atoms with van der Waals surface area (Å²) < 4.78 is 5.20. The average Bonchev–Trinajstić information content (AvgIpc) is 2.34.